The molecule has 0 aliphatic carbocycles. The maximum Gasteiger partial charge on any atom is 0.231 e. The quantitative estimate of drug-likeness (QED) is 0.682. The van der Waals surface area contributed by atoms with Crippen LogP contribution in [-0.4, -0.2) is 57.0 Å². The number of nitrogens with zero attached hydrogens (tertiary/aromatic N) is 1. The largest absolute Gasteiger partial charge is 0.508 e. The second kappa shape index (κ2) is 8.30. The summed E-state index contributed by atoms with van der Waals surface area (Å²) in [4.78, 5) is 13.0. The third-order valence-corrected chi connectivity index (χ3v) is 6.47. The number of likely N-dealkylation sites (N-methyl/N-ethyl adjacent to an activating group) is 1. The number of hydrogen-bond donors (Lipinski definition) is 1. The van der Waals surface area contributed by atoms with Gasteiger partial charge in [0.1, 0.15) is 23.3 Å². The van der Waals surface area contributed by atoms with Gasteiger partial charge in [-0.15, -0.1) is 0 Å². The number of fused-ring (bicyclic) bond motifs is 2. The second-order valence-corrected chi connectivity index (χ2v) is 8.72. The van der Waals surface area contributed by atoms with E-state index in [1.54, 1.807) is 32.4 Å². The molecule has 0 bridgehead atoms. The third-order valence-electron chi connectivity index (χ3n) is 6.47. The van der Waals surface area contributed by atoms with Crippen LogP contribution in [0, 0.1) is 0 Å². The Balaban J connectivity index is 1.56. The van der Waals surface area contributed by atoms with Gasteiger partial charge in [0, 0.05) is 18.9 Å². The van der Waals surface area contributed by atoms with Gasteiger partial charge in [-0.3, -0.25) is 4.79 Å². The Hall–Kier alpha value is -2.93. The van der Waals surface area contributed by atoms with Gasteiger partial charge in [0.25, 0.3) is 0 Å². The molecule has 2 heterocycles. The predicted molar refractivity (Wildman–Crippen MR) is 115 cm³/mol. The molecule has 2 aliphatic heterocycles. The zero-order valence-electron chi connectivity index (χ0n) is 18.6. The van der Waals surface area contributed by atoms with Crippen LogP contribution in [0.2, 0.25) is 0 Å². The van der Waals surface area contributed by atoms with Crippen molar-refractivity contribution in [3.8, 4) is 28.7 Å². The summed E-state index contributed by atoms with van der Waals surface area (Å²) in [6, 6.07) is 7.17. The Morgan fingerprint density at radius 3 is 2.71 bits per heavy atom. The van der Waals surface area contributed by atoms with Crippen LogP contribution in [0.3, 0.4) is 0 Å². The molecule has 7 heteroatoms. The van der Waals surface area contributed by atoms with E-state index < -0.39 is 0 Å². The van der Waals surface area contributed by atoms with Crippen molar-refractivity contribution in [3.63, 3.8) is 0 Å². The van der Waals surface area contributed by atoms with E-state index >= 15 is 0 Å². The maximum absolute atomic E-state index is 13.0. The average Bonchev–Trinajstić information content (AvgIpc) is 3.21. The summed E-state index contributed by atoms with van der Waals surface area (Å²) >= 11 is 0. The van der Waals surface area contributed by atoms with Crippen LogP contribution in [0.5, 0.6) is 28.7 Å². The van der Waals surface area contributed by atoms with Crippen LogP contribution in [-0.2, 0) is 17.6 Å². The molecule has 0 radical (unpaired) electrons. The van der Waals surface area contributed by atoms with Crippen LogP contribution < -0.4 is 18.9 Å². The molecule has 166 valence electrons. The molecule has 31 heavy (non-hydrogen) atoms. The average molecular weight is 429 g/mol. The topological polar surface area (TPSA) is 74.2 Å². The SMILES string of the molecule is COc1ccc(CCC(=O)CC2c3c(cc4c(c3OC)OCO4)CC[N+]2(C)C)c(O)c1. The summed E-state index contributed by atoms with van der Waals surface area (Å²) in [5.74, 6) is 2.92. The molecule has 4 rings (SSSR count). The van der Waals surface area contributed by atoms with Crippen molar-refractivity contribution in [2.24, 2.45) is 0 Å². The lowest BCUT2D eigenvalue weighted by Crippen LogP contribution is -2.48. The van der Waals surface area contributed by atoms with Crippen LogP contribution in [0.25, 0.3) is 0 Å². The van der Waals surface area contributed by atoms with Crippen molar-refractivity contribution in [2.75, 3.05) is 41.7 Å². The first-order valence-electron chi connectivity index (χ1n) is 10.5. The van der Waals surface area contributed by atoms with Crippen molar-refractivity contribution in [1.29, 1.82) is 0 Å². The highest BCUT2D eigenvalue weighted by Crippen LogP contribution is 2.51. The van der Waals surface area contributed by atoms with Crippen molar-refractivity contribution in [1.82, 2.24) is 0 Å². The number of quaternary nitrogens is 1. The van der Waals surface area contributed by atoms with Gasteiger partial charge < -0.3 is 28.5 Å². The highest BCUT2D eigenvalue weighted by Gasteiger charge is 2.42. The van der Waals surface area contributed by atoms with Crippen LogP contribution in [0.15, 0.2) is 24.3 Å². The van der Waals surface area contributed by atoms with E-state index in [1.165, 1.54) is 0 Å². The molecule has 0 spiro atoms. The second-order valence-electron chi connectivity index (χ2n) is 8.72. The molecule has 1 unspecified atom stereocenters. The highest BCUT2D eigenvalue weighted by atomic mass is 16.7. The molecular weight excluding hydrogens is 398 g/mol. The molecular formula is C24H30NO6+. The number of hydrogen-bond acceptors (Lipinski definition) is 6. The first kappa shape index (κ1) is 21.3. The summed E-state index contributed by atoms with van der Waals surface area (Å²) in [6.45, 7) is 1.11. The van der Waals surface area contributed by atoms with Crippen molar-refractivity contribution in [3.05, 3.63) is 41.0 Å². The number of phenols is 1. The molecule has 0 aromatic heterocycles. The number of rotatable bonds is 7. The highest BCUT2D eigenvalue weighted by molar-refractivity contribution is 5.80. The molecule has 0 saturated carbocycles. The first-order valence-corrected chi connectivity index (χ1v) is 10.5. The van der Waals surface area contributed by atoms with Gasteiger partial charge in [0.2, 0.25) is 12.5 Å². The van der Waals surface area contributed by atoms with Crippen LogP contribution >= 0.6 is 0 Å². The van der Waals surface area contributed by atoms with Crippen molar-refractivity contribution >= 4 is 5.78 Å². The van der Waals surface area contributed by atoms with E-state index in [0.29, 0.717) is 46.7 Å². The molecule has 0 fully saturated rings. The summed E-state index contributed by atoms with van der Waals surface area (Å²) in [5.41, 5.74) is 2.95. The molecule has 0 amide bonds. The Kier molecular flexibility index (Phi) is 5.71. The zero-order valence-corrected chi connectivity index (χ0v) is 18.6. The fraction of sp³-hybridized carbons (Fsp3) is 0.458. The predicted octanol–water partition coefficient (Wildman–Crippen LogP) is 3.40. The Morgan fingerprint density at radius 2 is 2.00 bits per heavy atom. The van der Waals surface area contributed by atoms with Gasteiger partial charge in [0.15, 0.2) is 11.5 Å². The third kappa shape index (κ3) is 4.02. The zero-order chi connectivity index (χ0) is 22.2. The molecule has 2 aromatic rings. The number of phenolic OH excluding ortho intramolecular Hbond substituents is 1. The molecule has 7 nitrogen and oxygen atoms in total. The van der Waals surface area contributed by atoms with Gasteiger partial charge in [-0.1, -0.05) is 6.07 Å². The lowest BCUT2D eigenvalue weighted by atomic mass is 9.86. The molecule has 1 N–H and O–H groups in total. The number of Topliss-reactive ketones (excluding diaryl/α,β-unsaturated/α-hetero) is 1. The van der Waals surface area contributed by atoms with E-state index in [9.17, 15) is 9.90 Å². The van der Waals surface area contributed by atoms with E-state index in [-0.39, 0.29) is 24.4 Å². The van der Waals surface area contributed by atoms with Gasteiger partial charge in [-0.2, -0.15) is 0 Å². The van der Waals surface area contributed by atoms with Gasteiger partial charge in [0.05, 0.1) is 46.8 Å². The number of benzene rings is 2. The van der Waals surface area contributed by atoms with Gasteiger partial charge in [-0.25, -0.2) is 0 Å². The summed E-state index contributed by atoms with van der Waals surface area (Å²) in [5, 5.41) is 10.2. The monoisotopic (exact) mass is 428 g/mol. The Morgan fingerprint density at radius 1 is 1.19 bits per heavy atom. The number of methoxy groups -OCH3 is 2. The van der Waals surface area contributed by atoms with Crippen molar-refractivity contribution in [2.45, 2.75) is 31.7 Å². The molecule has 2 aromatic carbocycles. The Labute approximate surface area is 182 Å². The lowest BCUT2D eigenvalue weighted by molar-refractivity contribution is -0.922. The van der Waals surface area contributed by atoms with E-state index in [4.69, 9.17) is 18.9 Å². The minimum Gasteiger partial charge on any atom is -0.508 e. The van der Waals surface area contributed by atoms with E-state index in [1.807, 2.05) is 6.07 Å². The smallest absolute Gasteiger partial charge is 0.231 e. The number of carbonyl (C=O) groups excluding carboxylic acids is 1. The van der Waals surface area contributed by atoms with Crippen LogP contribution in [0.1, 0.15) is 35.6 Å². The summed E-state index contributed by atoms with van der Waals surface area (Å²) < 4.78 is 22.8. The number of aromatic hydroxyl groups is 1. The number of ketones is 1. The fourth-order valence-corrected chi connectivity index (χ4v) is 4.59. The molecule has 1 atom stereocenters. The molecule has 2 aliphatic rings. The van der Waals surface area contributed by atoms with E-state index in [0.717, 1.165) is 29.7 Å². The number of carbonyl (C=O) groups is 1. The minimum atomic E-state index is -0.0369. The van der Waals surface area contributed by atoms with Gasteiger partial charge >= 0.3 is 0 Å². The number of ether oxygens (including phenoxy) is 4. The maximum atomic E-state index is 13.0. The summed E-state index contributed by atoms with van der Waals surface area (Å²) in [6.07, 6.45) is 2.13. The minimum absolute atomic E-state index is 0.0369. The summed E-state index contributed by atoms with van der Waals surface area (Å²) in [7, 11) is 7.50. The number of aryl methyl sites for hydroxylation is 1. The van der Waals surface area contributed by atoms with Crippen molar-refractivity contribution < 1.29 is 33.3 Å². The Bertz CT molecular complexity index is 1000. The normalized spacial score (nSPS) is 18.4. The van der Waals surface area contributed by atoms with E-state index in [2.05, 4.69) is 14.1 Å². The van der Waals surface area contributed by atoms with Gasteiger partial charge in [-0.05, 0) is 29.7 Å². The molecule has 0 saturated heterocycles. The fourth-order valence-electron chi connectivity index (χ4n) is 4.59. The van der Waals surface area contributed by atoms with Crippen LogP contribution in [0.4, 0.5) is 0 Å². The lowest BCUT2D eigenvalue weighted by Gasteiger charge is -2.43. The first-order chi connectivity index (χ1) is 14.8. The standard InChI is InChI=1S/C24H29NO6/c1-25(2)10-9-16-11-21-23(31-14-30-21)24(29-4)22(16)19(25)12-17(26)7-5-15-6-8-18(28-3)13-20(15)27/h6,8,11,13,19H,5,7,9-10,12,14H2,1-4H3/p+1.